The molecule has 0 aliphatic carbocycles. The molecule has 0 saturated carbocycles. The number of nitrogens with zero attached hydrogens (tertiary/aromatic N) is 1. The van der Waals surface area contributed by atoms with Gasteiger partial charge in [0.05, 0.1) is 0 Å². The molecule has 2 aromatic rings. The van der Waals surface area contributed by atoms with Crippen molar-refractivity contribution in [2.24, 2.45) is 5.73 Å². The van der Waals surface area contributed by atoms with Crippen molar-refractivity contribution in [1.29, 1.82) is 0 Å². The highest BCUT2D eigenvalue weighted by molar-refractivity contribution is 5.32. The van der Waals surface area contributed by atoms with Crippen molar-refractivity contribution in [2.75, 3.05) is 5.73 Å². The van der Waals surface area contributed by atoms with Crippen molar-refractivity contribution in [1.82, 2.24) is 4.98 Å². The molecule has 94 valence electrons. The molecule has 0 aliphatic rings. The van der Waals surface area contributed by atoms with Gasteiger partial charge in [-0.1, -0.05) is 12.1 Å². The number of rotatable bonds is 4. The summed E-state index contributed by atoms with van der Waals surface area (Å²) in [6, 6.07) is 10.1. The SMILES string of the molecule is Nc1cc(CC(N)Cc2ccc(F)cc2)ccn1. The van der Waals surface area contributed by atoms with Gasteiger partial charge in [-0.25, -0.2) is 9.37 Å². The van der Waals surface area contributed by atoms with Gasteiger partial charge < -0.3 is 11.5 Å². The van der Waals surface area contributed by atoms with Crippen LogP contribution in [0.4, 0.5) is 10.2 Å². The fourth-order valence-electron chi connectivity index (χ4n) is 1.92. The lowest BCUT2D eigenvalue weighted by atomic mass is 10.0. The molecule has 4 N–H and O–H groups in total. The van der Waals surface area contributed by atoms with Crippen LogP contribution in [0.3, 0.4) is 0 Å². The highest BCUT2D eigenvalue weighted by Crippen LogP contribution is 2.10. The topological polar surface area (TPSA) is 64.9 Å². The van der Waals surface area contributed by atoms with Crippen LogP contribution in [0.15, 0.2) is 42.6 Å². The lowest BCUT2D eigenvalue weighted by Crippen LogP contribution is -2.25. The number of benzene rings is 1. The average Bonchev–Trinajstić information content (AvgIpc) is 2.32. The summed E-state index contributed by atoms with van der Waals surface area (Å²) in [5.74, 6) is 0.274. The van der Waals surface area contributed by atoms with Crippen LogP contribution < -0.4 is 11.5 Å². The van der Waals surface area contributed by atoms with Gasteiger partial charge in [-0.2, -0.15) is 0 Å². The van der Waals surface area contributed by atoms with Crippen molar-refractivity contribution in [3.05, 3.63) is 59.5 Å². The van der Waals surface area contributed by atoms with Gasteiger partial charge >= 0.3 is 0 Å². The Balaban J connectivity index is 1.96. The molecule has 0 radical (unpaired) electrons. The molecule has 18 heavy (non-hydrogen) atoms. The molecular formula is C14H16FN3. The molecule has 0 aliphatic heterocycles. The summed E-state index contributed by atoms with van der Waals surface area (Å²) in [6.07, 6.45) is 3.11. The van der Waals surface area contributed by atoms with E-state index in [1.807, 2.05) is 12.1 Å². The molecule has 0 bridgehead atoms. The van der Waals surface area contributed by atoms with Crippen LogP contribution in [0.5, 0.6) is 0 Å². The van der Waals surface area contributed by atoms with Crippen LogP contribution in [-0.2, 0) is 12.8 Å². The van der Waals surface area contributed by atoms with E-state index in [1.165, 1.54) is 12.1 Å². The van der Waals surface area contributed by atoms with E-state index in [0.717, 1.165) is 17.5 Å². The zero-order chi connectivity index (χ0) is 13.0. The first-order valence-electron chi connectivity index (χ1n) is 5.84. The average molecular weight is 245 g/mol. The zero-order valence-electron chi connectivity index (χ0n) is 10.0. The van der Waals surface area contributed by atoms with Crippen molar-refractivity contribution < 1.29 is 4.39 Å². The van der Waals surface area contributed by atoms with Crippen LogP contribution in [0.1, 0.15) is 11.1 Å². The second-order valence-corrected chi connectivity index (χ2v) is 4.38. The van der Waals surface area contributed by atoms with Gasteiger partial charge in [0.15, 0.2) is 0 Å². The summed E-state index contributed by atoms with van der Waals surface area (Å²) in [7, 11) is 0. The molecule has 3 nitrogen and oxygen atoms in total. The monoisotopic (exact) mass is 245 g/mol. The van der Waals surface area contributed by atoms with E-state index in [-0.39, 0.29) is 11.9 Å². The van der Waals surface area contributed by atoms with Gasteiger partial charge in [-0.3, -0.25) is 0 Å². The maximum Gasteiger partial charge on any atom is 0.123 e. The number of pyridine rings is 1. The van der Waals surface area contributed by atoms with Gasteiger partial charge in [0.2, 0.25) is 0 Å². The van der Waals surface area contributed by atoms with Crippen molar-refractivity contribution >= 4 is 5.82 Å². The zero-order valence-corrected chi connectivity index (χ0v) is 10.0. The third kappa shape index (κ3) is 3.53. The first-order valence-corrected chi connectivity index (χ1v) is 5.84. The number of hydrogen-bond acceptors (Lipinski definition) is 3. The second-order valence-electron chi connectivity index (χ2n) is 4.38. The van der Waals surface area contributed by atoms with Crippen LogP contribution in [0.25, 0.3) is 0 Å². The molecule has 1 unspecified atom stereocenters. The standard InChI is InChI=1S/C14H16FN3/c15-12-3-1-10(2-4-12)7-13(16)8-11-5-6-18-14(17)9-11/h1-6,9,13H,7-8,16H2,(H2,17,18). The third-order valence-corrected chi connectivity index (χ3v) is 2.75. The Hall–Kier alpha value is -1.94. The highest BCUT2D eigenvalue weighted by atomic mass is 19.1. The molecule has 1 atom stereocenters. The van der Waals surface area contributed by atoms with E-state index >= 15 is 0 Å². The van der Waals surface area contributed by atoms with Crippen molar-refractivity contribution in [2.45, 2.75) is 18.9 Å². The summed E-state index contributed by atoms with van der Waals surface area (Å²) in [6.45, 7) is 0. The lowest BCUT2D eigenvalue weighted by Gasteiger charge is -2.12. The fraction of sp³-hybridized carbons (Fsp3) is 0.214. The number of halogens is 1. The smallest absolute Gasteiger partial charge is 0.123 e. The fourth-order valence-corrected chi connectivity index (χ4v) is 1.92. The summed E-state index contributed by atoms with van der Waals surface area (Å²) < 4.78 is 12.8. The first-order chi connectivity index (χ1) is 8.63. The van der Waals surface area contributed by atoms with Gasteiger partial charge in [-0.05, 0) is 48.2 Å². The van der Waals surface area contributed by atoms with Crippen LogP contribution in [0.2, 0.25) is 0 Å². The van der Waals surface area contributed by atoms with Gasteiger partial charge in [0.25, 0.3) is 0 Å². The molecule has 0 fully saturated rings. The predicted octanol–water partition coefficient (Wildman–Crippen LogP) is 1.92. The lowest BCUT2D eigenvalue weighted by molar-refractivity contribution is 0.623. The quantitative estimate of drug-likeness (QED) is 0.864. The first kappa shape index (κ1) is 12.5. The Labute approximate surface area is 106 Å². The molecular weight excluding hydrogens is 229 g/mol. The molecule has 1 aromatic heterocycles. The summed E-state index contributed by atoms with van der Waals surface area (Å²) in [4.78, 5) is 3.94. The molecule has 1 aromatic carbocycles. The Morgan fingerprint density at radius 3 is 2.39 bits per heavy atom. The van der Waals surface area contributed by atoms with E-state index in [9.17, 15) is 4.39 Å². The van der Waals surface area contributed by atoms with Crippen LogP contribution in [0, 0.1) is 5.82 Å². The van der Waals surface area contributed by atoms with E-state index in [1.54, 1.807) is 18.3 Å². The molecule has 0 amide bonds. The maximum absolute atomic E-state index is 12.8. The molecule has 1 heterocycles. The van der Waals surface area contributed by atoms with E-state index in [4.69, 9.17) is 11.5 Å². The minimum atomic E-state index is -0.228. The largest absolute Gasteiger partial charge is 0.384 e. The number of anilines is 1. The van der Waals surface area contributed by atoms with Crippen LogP contribution in [-0.4, -0.2) is 11.0 Å². The number of nitrogen functional groups attached to an aromatic ring is 1. The van der Waals surface area contributed by atoms with E-state index < -0.39 is 0 Å². The van der Waals surface area contributed by atoms with Gasteiger partial charge in [0.1, 0.15) is 11.6 Å². The van der Waals surface area contributed by atoms with Crippen LogP contribution >= 0.6 is 0 Å². The molecule has 0 saturated heterocycles. The molecule has 0 spiro atoms. The Kier molecular flexibility index (Phi) is 3.89. The Bertz CT molecular complexity index is 511. The van der Waals surface area contributed by atoms with E-state index in [0.29, 0.717) is 12.2 Å². The van der Waals surface area contributed by atoms with Gasteiger partial charge in [-0.15, -0.1) is 0 Å². The predicted molar refractivity (Wildman–Crippen MR) is 70.4 cm³/mol. The maximum atomic E-state index is 12.8. The molecule has 2 rings (SSSR count). The summed E-state index contributed by atoms with van der Waals surface area (Å²) >= 11 is 0. The highest BCUT2D eigenvalue weighted by Gasteiger charge is 2.06. The second kappa shape index (κ2) is 5.60. The number of aromatic nitrogens is 1. The summed E-state index contributed by atoms with van der Waals surface area (Å²) in [5, 5.41) is 0. The van der Waals surface area contributed by atoms with Gasteiger partial charge in [0, 0.05) is 12.2 Å². The Morgan fingerprint density at radius 2 is 1.72 bits per heavy atom. The summed E-state index contributed by atoms with van der Waals surface area (Å²) in [5.41, 5.74) is 13.8. The molecule has 4 heteroatoms. The Morgan fingerprint density at radius 1 is 1.06 bits per heavy atom. The van der Waals surface area contributed by atoms with Crippen molar-refractivity contribution in [3.63, 3.8) is 0 Å². The minimum absolute atomic E-state index is 0.0164. The van der Waals surface area contributed by atoms with Crippen molar-refractivity contribution in [3.8, 4) is 0 Å². The number of nitrogens with two attached hydrogens (primary N) is 2. The number of hydrogen-bond donors (Lipinski definition) is 2. The third-order valence-electron chi connectivity index (χ3n) is 2.75. The normalized spacial score (nSPS) is 12.3. The van der Waals surface area contributed by atoms with E-state index in [2.05, 4.69) is 4.98 Å². The minimum Gasteiger partial charge on any atom is -0.384 e.